The summed E-state index contributed by atoms with van der Waals surface area (Å²) in [6.45, 7) is 4.55. The van der Waals surface area contributed by atoms with Crippen LogP contribution in [0.5, 0.6) is 0 Å². The highest BCUT2D eigenvalue weighted by Crippen LogP contribution is 2.26. The third kappa shape index (κ3) is 3.48. The van der Waals surface area contributed by atoms with Gasteiger partial charge >= 0.3 is 0 Å². The summed E-state index contributed by atoms with van der Waals surface area (Å²) in [7, 11) is 0. The minimum absolute atomic E-state index is 0.356. The van der Waals surface area contributed by atoms with Crippen molar-refractivity contribution in [2.24, 2.45) is 0 Å². The van der Waals surface area contributed by atoms with E-state index in [1.807, 2.05) is 43.6 Å². The molecule has 0 saturated heterocycles. The summed E-state index contributed by atoms with van der Waals surface area (Å²) in [4.78, 5) is 4.48. The number of aliphatic hydroxyl groups is 1. The van der Waals surface area contributed by atoms with Crippen molar-refractivity contribution < 1.29 is 5.11 Å². The first kappa shape index (κ1) is 15.4. The predicted molar refractivity (Wildman–Crippen MR) is 91.9 cm³/mol. The summed E-state index contributed by atoms with van der Waals surface area (Å²) in [5.41, 5.74) is 5.20. The second kappa shape index (κ2) is 6.75. The maximum Gasteiger partial charge on any atom is 0.0923 e. The third-order valence-corrected chi connectivity index (χ3v) is 3.95. The van der Waals surface area contributed by atoms with Gasteiger partial charge in [0.15, 0.2) is 0 Å². The largest absolute Gasteiger partial charge is 0.391 e. The van der Waals surface area contributed by atoms with E-state index in [0.717, 1.165) is 34.5 Å². The zero-order valence-corrected chi connectivity index (χ0v) is 13.5. The molecule has 0 radical (unpaired) electrons. The maximum atomic E-state index is 9.75. The Hall–Kier alpha value is -2.46. The fraction of sp³-hybridized carbons (Fsp3) is 0.263. The van der Waals surface area contributed by atoms with E-state index in [9.17, 15) is 5.11 Å². The summed E-state index contributed by atoms with van der Waals surface area (Å²) < 4.78 is 1.79. The fourth-order valence-electron chi connectivity index (χ4n) is 2.58. The van der Waals surface area contributed by atoms with Crippen LogP contribution in [0.25, 0.3) is 22.5 Å². The number of rotatable bonds is 5. The number of aryl methyl sites for hydroxylation is 1. The van der Waals surface area contributed by atoms with Crippen molar-refractivity contribution in [2.45, 2.75) is 32.9 Å². The lowest BCUT2D eigenvalue weighted by Gasteiger charge is -2.07. The molecule has 2 heterocycles. The van der Waals surface area contributed by atoms with Crippen LogP contribution in [0.15, 0.2) is 54.9 Å². The van der Waals surface area contributed by atoms with Gasteiger partial charge in [-0.3, -0.25) is 9.67 Å². The molecule has 0 aliphatic carbocycles. The zero-order valence-electron chi connectivity index (χ0n) is 13.5. The van der Waals surface area contributed by atoms with Crippen molar-refractivity contribution in [3.63, 3.8) is 0 Å². The zero-order chi connectivity index (χ0) is 16.2. The van der Waals surface area contributed by atoms with Crippen molar-refractivity contribution in [1.82, 2.24) is 14.8 Å². The Morgan fingerprint density at radius 3 is 2.74 bits per heavy atom. The number of nitrogens with zero attached hydrogens (tertiary/aromatic N) is 3. The maximum absolute atomic E-state index is 9.75. The molecule has 0 amide bonds. The number of aromatic nitrogens is 3. The van der Waals surface area contributed by atoms with Crippen LogP contribution in [-0.2, 0) is 6.54 Å². The molecule has 2 aromatic heterocycles. The van der Waals surface area contributed by atoms with Crippen LogP contribution >= 0.6 is 0 Å². The highest BCUT2D eigenvalue weighted by atomic mass is 16.3. The van der Waals surface area contributed by atoms with Gasteiger partial charge in [0.1, 0.15) is 0 Å². The SMILES string of the molecule is CC[C@H](O)Cn1ccc(-c2cccc(-c3ncccc3C)c2)n1. The lowest BCUT2D eigenvalue weighted by Crippen LogP contribution is -2.14. The van der Waals surface area contributed by atoms with Gasteiger partial charge in [0.2, 0.25) is 0 Å². The monoisotopic (exact) mass is 307 g/mol. The van der Waals surface area contributed by atoms with E-state index in [2.05, 4.69) is 35.2 Å². The summed E-state index contributed by atoms with van der Waals surface area (Å²) in [6.07, 6.45) is 4.09. The first-order valence-electron chi connectivity index (χ1n) is 7.91. The Kier molecular flexibility index (Phi) is 4.53. The average Bonchev–Trinajstić information content (AvgIpc) is 3.04. The minimum Gasteiger partial charge on any atom is -0.391 e. The molecule has 1 aromatic carbocycles. The topological polar surface area (TPSA) is 50.9 Å². The molecule has 3 aromatic rings. The van der Waals surface area contributed by atoms with Crippen LogP contribution < -0.4 is 0 Å². The third-order valence-electron chi connectivity index (χ3n) is 3.95. The van der Waals surface area contributed by atoms with Crippen molar-refractivity contribution in [3.05, 3.63) is 60.4 Å². The van der Waals surface area contributed by atoms with Crippen LogP contribution in [0.3, 0.4) is 0 Å². The van der Waals surface area contributed by atoms with E-state index >= 15 is 0 Å². The normalized spacial score (nSPS) is 12.3. The predicted octanol–water partition coefficient (Wildman–Crippen LogP) is 3.69. The molecule has 0 bridgehead atoms. The number of benzene rings is 1. The molecule has 1 atom stereocenters. The van der Waals surface area contributed by atoms with E-state index in [0.29, 0.717) is 6.54 Å². The van der Waals surface area contributed by atoms with E-state index in [4.69, 9.17) is 0 Å². The lowest BCUT2D eigenvalue weighted by atomic mass is 10.0. The van der Waals surface area contributed by atoms with Crippen LogP contribution in [0, 0.1) is 6.92 Å². The van der Waals surface area contributed by atoms with E-state index in [1.54, 1.807) is 4.68 Å². The molecule has 4 nitrogen and oxygen atoms in total. The molecule has 0 saturated carbocycles. The molecule has 118 valence electrons. The molecule has 0 aliphatic rings. The Labute approximate surface area is 136 Å². The highest BCUT2D eigenvalue weighted by Gasteiger charge is 2.08. The van der Waals surface area contributed by atoms with Gasteiger partial charge in [0, 0.05) is 23.5 Å². The Bertz CT molecular complexity index is 795. The number of hydrogen-bond acceptors (Lipinski definition) is 3. The number of pyridine rings is 1. The average molecular weight is 307 g/mol. The molecule has 1 N–H and O–H groups in total. The molecular formula is C19H21N3O. The molecule has 0 aliphatic heterocycles. The second-order valence-corrected chi connectivity index (χ2v) is 5.73. The summed E-state index contributed by atoms with van der Waals surface area (Å²) in [5.74, 6) is 0. The standard InChI is InChI=1S/C19H21N3O/c1-3-17(23)13-22-11-9-18(21-22)15-7-4-8-16(12-15)19-14(2)6-5-10-20-19/h4-12,17,23H,3,13H2,1-2H3/t17-/m0/s1. The van der Waals surface area contributed by atoms with Crippen molar-refractivity contribution in [3.8, 4) is 22.5 Å². The van der Waals surface area contributed by atoms with Crippen molar-refractivity contribution in [2.75, 3.05) is 0 Å². The first-order valence-corrected chi connectivity index (χ1v) is 7.91. The summed E-state index contributed by atoms with van der Waals surface area (Å²) >= 11 is 0. The number of hydrogen-bond donors (Lipinski definition) is 1. The second-order valence-electron chi connectivity index (χ2n) is 5.73. The van der Waals surface area contributed by atoms with Gasteiger partial charge in [-0.15, -0.1) is 0 Å². The van der Waals surface area contributed by atoms with Crippen LogP contribution in [0.1, 0.15) is 18.9 Å². The van der Waals surface area contributed by atoms with E-state index in [1.165, 1.54) is 0 Å². The summed E-state index contributed by atoms with van der Waals surface area (Å²) in [6, 6.07) is 14.2. The van der Waals surface area contributed by atoms with Crippen molar-refractivity contribution in [1.29, 1.82) is 0 Å². The Morgan fingerprint density at radius 1 is 1.13 bits per heavy atom. The molecule has 0 unspecified atom stereocenters. The Balaban J connectivity index is 1.90. The molecule has 0 fully saturated rings. The van der Waals surface area contributed by atoms with Gasteiger partial charge in [-0.05, 0) is 37.1 Å². The van der Waals surface area contributed by atoms with Gasteiger partial charge in [0.25, 0.3) is 0 Å². The van der Waals surface area contributed by atoms with Crippen LogP contribution in [0.2, 0.25) is 0 Å². The quantitative estimate of drug-likeness (QED) is 0.782. The smallest absolute Gasteiger partial charge is 0.0923 e. The molecule has 0 spiro atoms. The van der Waals surface area contributed by atoms with Gasteiger partial charge in [-0.2, -0.15) is 5.10 Å². The van der Waals surface area contributed by atoms with E-state index in [-0.39, 0.29) is 6.10 Å². The highest BCUT2D eigenvalue weighted by molar-refractivity contribution is 5.70. The van der Waals surface area contributed by atoms with Gasteiger partial charge in [0.05, 0.1) is 24.0 Å². The molecule has 23 heavy (non-hydrogen) atoms. The van der Waals surface area contributed by atoms with Gasteiger partial charge in [-0.25, -0.2) is 0 Å². The summed E-state index contributed by atoms with van der Waals surface area (Å²) in [5, 5.41) is 14.3. The van der Waals surface area contributed by atoms with Gasteiger partial charge in [-0.1, -0.05) is 31.2 Å². The molecule has 3 rings (SSSR count). The molecule has 4 heteroatoms. The van der Waals surface area contributed by atoms with E-state index < -0.39 is 0 Å². The fourth-order valence-corrected chi connectivity index (χ4v) is 2.58. The number of aliphatic hydroxyl groups excluding tert-OH is 1. The van der Waals surface area contributed by atoms with Crippen LogP contribution in [0.4, 0.5) is 0 Å². The Morgan fingerprint density at radius 2 is 1.96 bits per heavy atom. The van der Waals surface area contributed by atoms with Crippen LogP contribution in [-0.4, -0.2) is 26.0 Å². The van der Waals surface area contributed by atoms with Crippen molar-refractivity contribution >= 4 is 0 Å². The first-order chi connectivity index (χ1) is 11.2. The lowest BCUT2D eigenvalue weighted by molar-refractivity contribution is 0.145. The minimum atomic E-state index is -0.356. The van der Waals surface area contributed by atoms with Gasteiger partial charge < -0.3 is 5.11 Å². The molecular weight excluding hydrogens is 286 g/mol.